The Hall–Kier alpha value is -3.71. The van der Waals surface area contributed by atoms with Gasteiger partial charge in [0.05, 0.1) is 10.5 Å². The Morgan fingerprint density at radius 2 is 1.97 bits per heavy atom. The summed E-state index contributed by atoms with van der Waals surface area (Å²) in [5.74, 6) is 0.876. The second kappa shape index (κ2) is 8.34. The van der Waals surface area contributed by atoms with Gasteiger partial charge in [0.1, 0.15) is 28.8 Å². The van der Waals surface area contributed by atoms with Crippen molar-refractivity contribution in [3.63, 3.8) is 0 Å². The molecule has 4 rings (SSSR count). The van der Waals surface area contributed by atoms with E-state index in [1.165, 1.54) is 18.3 Å². The number of carbonyl (C=O) groups excluding carboxylic acids is 1. The topological polar surface area (TPSA) is 76.1 Å². The molecule has 4 aromatic rings. The molecular weight excluding hydrogens is 407 g/mol. The van der Waals surface area contributed by atoms with Crippen LogP contribution < -0.4 is 15.4 Å². The van der Waals surface area contributed by atoms with Gasteiger partial charge in [-0.05, 0) is 48.5 Å². The summed E-state index contributed by atoms with van der Waals surface area (Å²) in [4.78, 5) is 20.4. The van der Waals surface area contributed by atoms with Crippen LogP contribution in [0, 0.1) is 5.82 Å². The molecule has 150 valence electrons. The molecule has 0 spiro atoms. The van der Waals surface area contributed by atoms with Crippen LogP contribution >= 0.6 is 11.6 Å². The number of carbonyl (C=O) groups is 1. The second-order valence-corrected chi connectivity index (χ2v) is 6.74. The summed E-state index contributed by atoms with van der Waals surface area (Å²) in [7, 11) is 1.54. The van der Waals surface area contributed by atoms with Gasteiger partial charge in [-0.3, -0.25) is 9.78 Å². The zero-order valence-electron chi connectivity index (χ0n) is 15.8. The maximum Gasteiger partial charge on any atom is 0.269 e. The van der Waals surface area contributed by atoms with E-state index in [1.54, 1.807) is 31.3 Å². The van der Waals surface area contributed by atoms with Crippen molar-refractivity contribution in [2.75, 3.05) is 12.4 Å². The standard InChI is InChI=1S/C22H16ClFN4O2/c1-25-22(29)19-12-14(9-10-26-19)30-20-4-2-3-18-15(20)6-8-21(28-18)27-13-5-7-17(24)16(23)11-13/h2-12H,1H3,(H,25,29)(H,27,28). The van der Waals surface area contributed by atoms with Gasteiger partial charge < -0.3 is 15.4 Å². The average molecular weight is 423 g/mol. The first kappa shape index (κ1) is 19.6. The van der Waals surface area contributed by atoms with Crippen LogP contribution in [-0.2, 0) is 0 Å². The molecule has 0 unspecified atom stereocenters. The van der Waals surface area contributed by atoms with E-state index in [0.29, 0.717) is 28.5 Å². The molecule has 0 saturated carbocycles. The van der Waals surface area contributed by atoms with Crippen LogP contribution in [0.15, 0.2) is 66.9 Å². The molecule has 0 atom stereocenters. The van der Waals surface area contributed by atoms with E-state index in [4.69, 9.17) is 16.3 Å². The van der Waals surface area contributed by atoms with E-state index in [-0.39, 0.29) is 16.6 Å². The van der Waals surface area contributed by atoms with E-state index in [0.717, 1.165) is 5.39 Å². The molecule has 2 heterocycles. The highest BCUT2D eigenvalue weighted by atomic mass is 35.5. The van der Waals surface area contributed by atoms with Crippen molar-refractivity contribution >= 4 is 39.9 Å². The normalized spacial score (nSPS) is 10.6. The lowest BCUT2D eigenvalue weighted by Gasteiger charge is -2.11. The predicted molar refractivity (Wildman–Crippen MR) is 114 cm³/mol. The van der Waals surface area contributed by atoms with Gasteiger partial charge in [0.2, 0.25) is 0 Å². The fourth-order valence-corrected chi connectivity index (χ4v) is 3.04. The Balaban J connectivity index is 1.61. The van der Waals surface area contributed by atoms with Crippen LogP contribution in [0.3, 0.4) is 0 Å². The Morgan fingerprint density at radius 3 is 2.77 bits per heavy atom. The lowest BCUT2D eigenvalue weighted by Crippen LogP contribution is -2.18. The fourth-order valence-electron chi connectivity index (χ4n) is 2.86. The molecule has 0 bridgehead atoms. The lowest BCUT2D eigenvalue weighted by molar-refractivity contribution is 0.0958. The highest BCUT2D eigenvalue weighted by Crippen LogP contribution is 2.31. The van der Waals surface area contributed by atoms with E-state index < -0.39 is 5.82 Å². The number of nitrogens with one attached hydrogen (secondary N) is 2. The summed E-state index contributed by atoms with van der Waals surface area (Å²) in [6.45, 7) is 0. The summed E-state index contributed by atoms with van der Waals surface area (Å²) in [5, 5.41) is 6.46. The van der Waals surface area contributed by atoms with Crippen LogP contribution in [0.1, 0.15) is 10.5 Å². The number of aromatic nitrogens is 2. The van der Waals surface area contributed by atoms with Crippen LogP contribution in [0.5, 0.6) is 11.5 Å². The summed E-state index contributed by atoms with van der Waals surface area (Å²) in [5.41, 5.74) is 1.59. The number of rotatable bonds is 5. The van der Waals surface area contributed by atoms with Crippen molar-refractivity contribution in [2.24, 2.45) is 0 Å². The van der Waals surface area contributed by atoms with Gasteiger partial charge >= 0.3 is 0 Å². The monoisotopic (exact) mass is 422 g/mol. The van der Waals surface area contributed by atoms with Gasteiger partial charge in [0.25, 0.3) is 5.91 Å². The first-order chi connectivity index (χ1) is 14.5. The lowest BCUT2D eigenvalue weighted by atomic mass is 10.2. The second-order valence-electron chi connectivity index (χ2n) is 6.33. The number of hydrogen-bond donors (Lipinski definition) is 2. The van der Waals surface area contributed by atoms with Crippen molar-refractivity contribution in [2.45, 2.75) is 0 Å². The Bertz CT molecular complexity index is 1250. The Morgan fingerprint density at radius 1 is 1.10 bits per heavy atom. The Labute approximate surface area is 176 Å². The predicted octanol–water partition coefficient (Wildman–Crippen LogP) is 5.32. The molecule has 2 N–H and O–H groups in total. The molecule has 2 aromatic carbocycles. The number of fused-ring (bicyclic) bond motifs is 1. The van der Waals surface area contributed by atoms with Gasteiger partial charge in [-0.1, -0.05) is 17.7 Å². The van der Waals surface area contributed by atoms with Crippen LogP contribution in [0.2, 0.25) is 5.02 Å². The molecule has 0 saturated heterocycles. The third-order valence-corrected chi connectivity index (χ3v) is 4.59. The van der Waals surface area contributed by atoms with Crippen LogP contribution in [0.4, 0.5) is 15.9 Å². The summed E-state index contributed by atoms with van der Waals surface area (Å²) < 4.78 is 19.3. The third-order valence-electron chi connectivity index (χ3n) is 4.30. The maximum absolute atomic E-state index is 13.3. The molecule has 0 aliphatic rings. The minimum absolute atomic E-state index is 0.0324. The van der Waals surface area contributed by atoms with Crippen LogP contribution in [-0.4, -0.2) is 22.9 Å². The number of ether oxygens (including phenoxy) is 1. The van der Waals surface area contributed by atoms with Gasteiger partial charge in [0, 0.05) is 30.4 Å². The molecule has 6 nitrogen and oxygen atoms in total. The first-order valence-corrected chi connectivity index (χ1v) is 9.39. The van der Waals surface area contributed by atoms with Crippen molar-refractivity contribution in [3.8, 4) is 11.5 Å². The van der Waals surface area contributed by atoms with Gasteiger partial charge in [-0.25, -0.2) is 9.37 Å². The fraction of sp³-hybridized carbons (Fsp3) is 0.0455. The molecule has 1 amide bonds. The molecule has 0 aliphatic heterocycles. The van der Waals surface area contributed by atoms with E-state index >= 15 is 0 Å². The summed E-state index contributed by atoms with van der Waals surface area (Å²) in [6, 6.07) is 16.8. The number of halogens is 2. The Kier molecular flexibility index (Phi) is 5.45. The number of pyridine rings is 2. The van der Waals surface area contributed by atoms with Gasteiger partial charge in [-0.2, -0.15) is 0 Å². The minimum Gasteiger partial charge on any atom is -0.457 e. The summed E-state index contributed by atoms with van der Waals surface area (Å²) in [6.07, 6.45) is 1.51. The highest BCUT2D eigenvalue weighted by molar-refractivity contribution is 6.31. The third kappa shape index (κ3) is 4.16. The number of amides is 1. The number of hydrogen-bond acceptors (Lipinski definition) is 5. The number of benzene rings is 2. The number of anilines is 2. The largest absolute Gasteiger partial charge is 0.457 e. The minimum atomic E-state index is -0.480. The van der Waals surface area contributed by atoms with Gasteiger partial charge in [0.15, 0.2) is 0 Å². The van der Waals surface area contributed by atoms with E-state index in [2.05, 4.69) is 20.6 Å². The zero-order chi connectivity index (χ0) is 21.1. The molecule has 0 aliphatic carbocycles. The SMILES string of the molecule is CNC(=O)c1cc(Oc2cccc3nc(Nc4ccc(F)c(Cl)c4)ccc23)ccn1. The highest BCUT2D eigenvalue weighted by Gasteiger charge is 2.10. The van der Waals surface area contributed by atoms with Crippen molar-refractivity contribution in [1.82, 2.24) is 15.3 Å². The van der Waals surface area contributed by atoms with Crippen molar-refractivity contribution in [1.29, 1.82) is 0 Å². The molecule has 0 fully saturated rings. The summed E-state index contributed by atoms with van der Waals surface area (Å²) >= 11 is 5.83. The first-order valence-electron chi connectivity index (χ1n) is 9.01. The molecule has 2 aromatic heterocycles. The maximum atomic E-state index is 13.3. The van der Waals surface area contributed by atoms with Crippen LogP contribution in [0.25, 0.3) is 10.9 Å². The molecular formula is C22H16ClFN4O2. The number of nitrogens with zero attached hydrogens (tertiary/aromatic N) is 2. The smallest absolute Gasteiger partial charge is 0.269 e. The quantitative estimate of drug-likeness (QED) is 0.455. The van der Waals surface area contributed by atoms with Crippen molar-refractivity contribution < 1.29 is 13.9 Å². The average Bonchev–Trinajstić information content (AvgIpc) is 2.76. The van der Waals surface area contributed by atoms with E-state index in [9.17, 15) is 9.18 Å². The zero-order valence-corrected chi connectivity index (χ0v) is 16.6. The molecule has 30 heavy (non-hydrogen) atoms. The van der Waals surface area contributed by atoms with Crippen molar-refractivity contribution in [3.05, 3.63) is 83.4 Å². The van der Waals surface area contributed by atoms with Gasteiger partial charge in [-0.15, -0.1) is 0 Å². The van der Waals surface area contributed by atoms with E-state index in [1.807, 2.05) is 24.3 Å². The molecule has 8 heteroatoms. The molecule has 0 radical (unpaired) electrons.